The molecule has 0 N–H and O–H groups in total. The van der Waals surface area contributed by atoms with Gasteiger partial charge in [0, 0.05) is 28.1 Å². The predicted molar refractivity (Wildman–Crippen MR) is 96.4 cm³/mol. The SMILES string of the molecule is CSC(=S)[C@]1(c2cnc3ccccc3c2)CCCC[S@]1=O. The number of hydrogen-bond acceptors (Lipinski definition) is 4. The first kappa shape index (κ1) is 15.1. The first-order valence-corrected chi connectivity index (χ1v) is 9.96. The summed E-state index contributed by atoms with van der Waals surface area (Å²) >= 11 is 7.16. The molecular weight excluding hydrogens is 318 g/mol. The van der Waals surface area contributed by atoms with E-state index in [0.29, 0.717) is 0 Å². The Balaban J connectivity index is 2.18. The third-order valence-electron chi connectivity index (χ3n) is 4.07. The third kappa shape index (κ3) is 2.56. The van der Waals surface area contributed by atoms with E-state index < -0.39 is 15.5 Å². The monoisotopic (exact) mass is 335 g/mol. The van der Waals surface area contributed by atoms with Crippen LogP contribution in [-0.4, -0.2) is 25.4 Å². The summed E-state index contributed by atoms with van der Waals surface area (Å²) in [4.78, 5) is 4.55. The highest BCUT2D eigenvalue weighted by atomic mass is 32.2. The number of rotatable bonds is 2. The smallest absolute Gasteiger partial charge is 0.113 e. The van der Waals surface area contributed by atoms with Gasteiger partial charge in [-0.25, -0.2) is 0 Å². The molecule has 1 aromatic carbocycles. The second kappa shape index (κ2) is 6.15. The zero-order valence-corrected chi connectivity index (χ0v) is 14.3. The van der Waals surface area contributed by atoms with E-state index in [4.69, 9.17) is 12.2 Å². The van der Waals surface area contributed by atoms with E-state index in [1.165, 1.54) is 0 Å². The van der Waals surface area contributed by atoms with Gasteiger partial charge in [-0.3, -0.25) is 9.19 Å². The Morgan fingerprint density at radius 2 is 2.19 bits per heavy atom. The van der Waals surface area contributed by atoms with E-state index in [0.717, 1.165) is 45.7 Å². The lowest BCUT2D eigenvalue weighted by Crippen LogP contribution is -2.41. The van der Waals surface area contributed by atoms with Gasteiger partial charge in [-0.2, -0.15) is 0 Å². The topological polar surface area (TPSA) is 30.0 Å². The maximum Gasteiger partial charge on any atom is 0.113 e. The largest absolute Gasteiger partial charge is 0.258 e. The van der Waals surface area contributed by atoms with Crippen LogP contribution in [0.5, 0.6) is 0 Å². The van der Waals surface area contributed by atoms with Gasteiger partial charge in [0.15, 0.2) is 0 Å². The van der Waals surface area contributed by atoms with Crippen LogP contribution in [0.1, 0.15) is 24.8 Å². The minimum Gasteiger partial charge on any atom is -0.258 e. The van der Waals surface area contributed by atoms with Crippen LogP contribution in [0.3, 0.4) is 0 Å². The summed E-state index contributed by atoms with van der Waals surface area (Å²) in [7, 11) is -0.963. The number of pyridine rings is 1. The van der Waals surface area contributed by atoms with Gasteiger partial charge < -0.3 is 0 Å². The summed E-state index contributed by atoms with van der Waals surface area (Å²) in [5, 5.41) is 1.08. The summed E-state index contributed by atoms with van der Waals surface area (Å²) < 4.78 is 13.2. The molecule has 2 heterocycles. The van der Waals surface area contributed by atoms with Gasteiger partial charge in [0.1, 0.15) is 4.75 Å². The summed E-state index contributed by atoms with van der Waals surface area (Å²) in [5.41, 5.74) is 1.98. The lowest BCUT2D eigenvalue weighted by Gasteiger charge is -2.36. The molecule has 2 atom stereocenters. The maximum absolute atomic E-state index is 12.8. The molecule has 21 heavy (non-hydrogen) atoms. The van der Waals surface area contributed by atoms with E-state index in [-0.39, 0.29) is 0 Å². The summed E-state index contributed by atoms with van der Waals surface area (Å²) in [5.74, 6) is 0.730. The Hall–Kier alpha value is -0.780. The minimum absolute atomic E-state index is 0.510. The molecule has 1 aromatic heterocycles. The summed E-state index contributed by atoms with van der Waals surface area (Å²) in [6.07, 6.45) is 6.80. The fraction of sp³-hybridized carbons (Fsp3) is 0.375. The van der Waals surface area contributed by atoms with Crippen molar-refractivity contribution in [2.75, 3.05) is 12.0 Å². The van der Waals surface area contributed by atoms with Crippen LogP contribution in [0.2, 0.25) is 0 Å². The summed E-state index contributed by atoms with van der Waals surface area (Å²) in [6, 6.07) is 10.2. The van der Waals surface area contributed by atoms with Gasteiger partial charge in [0.05, 0.1) is 9.71 Å². The predicted octanol–water partition coefficient (Wildman–Crippen LogP) is 4.05. The van der Waals surface area contributed by atoms with Crippen molar-refractivity contribution in [3.05, 3.63) is 42.1 Å². The molecule has 110 valence electrons. The van der Waals surface area contributed by atoms with Crippen molar-refractivity contribution < 1.29 is 4.21 Å². The number of thioether (sulfide) groups is 1. The number of benzene rings is 1. The fourth-order valence-corrected chi connectivity index (χ4v) is 6.26. The lowest BCUT2D eigenvalue weighted by atomic mass is 9.94. The quantitative estimate of drug-likeness (QED) is 0.775. The van der Waals surface area contributed by atoms with Crippen molar-refractivity contribution in [3.8, 4) is 0 Å². The van der Waals surface area contributed by atoms with E-state index in [2.05, 4.69) is 11.1 Å². The molecule has 0 bridgehead atoms. The van der Waals surface area contributed by atoms with Crippen molar-refractivity contribution in [3.63, 3.8) is 0 Å². The molecule has 3 rings (SSSR count). The van der Waals surface area contributed by atoms with E-state index in [1.807, 2.05) is 36.7 Å². The van der Waals surface area contributed by atoms with E-state index in [1.54, 1.807) is 11.8 Å². The van der Waals surface area contributed by atoms with Crippen molar-refractivity contribution in [2.45, 2.75) is 24.0 Å². The molecule has 2 nitrogen and oxygen atoms in total. The first-order valence-electron chi connectivity index (χ1n) is 7.00. The van der Waals surface area contributed by atoms with Gasteiger partial charge in [-0.05, 0) is 36.8 Å². The average Bonchev–Trinajstić information content (AvgIpc) is 2.54. The van der Waals surface area contributed by atoms with Crippen LogP contribution in [-0.2, 0) is 15.5 Å². The zero-order chi connectivity index (χ0) is 14.9. The standard InChI is InChI=1S/C16H17NOS3/c1-20-15(19)16(8-4-5-9-21(16)18)13-10-12-6-2-3-7-14(12)17-11-13/h2-3,6-7,10-11H,4-5,8-9H2,1H3/t16-,21-/m1/s1. The number of para-hydroxylation sites is 1. The molecule has 0 saturated carbocycles. The van der Waals surface area contributed by atoms with Gasteiger partial charge in [-0.1, -0.05) is 36.8 Å². The van der Waals surface area contributed by atoms with Crippen LogP contribution >= 0.6 is 24.0 Å². The Morgan fingerprint density at radius 3 is 2.95 bits per heavy atom. The van der Waals surface area contributed by atoms with Gasteiger partial charge in [0.25, 0.3) is 0 Å². The van der Waals surface area contributed by atoms with Crippen LogP contribution in [0.25, 0.3) is 10.9 Å². The Morgan fingerprint density at radius 1 is 1.38 bits per heavy atom. The Labute approximate surface area is 137 Å². The highest BCUT2D eigenvalue weighted by Crippen LogP contribution is 2.42. The van der Waals surface area contributed by atoms with Crippen LogP contribution in [0, 0.1) is 0 Å². The maximum atomic E-state index is 12.8. The number of hydrogen-bond donors (Lipinski definition) is 0. The van der Waals surface area contributed by atoms with Crippen molar-refractivity contribution >= 4 is 49.9 Å². The molecule has 1 saturated heterocycles. The molecule has 1 fully saturated rings. The van der Waals surface area contributed by atoms with Crippen molar-refractivity contribution in [1.82, 2.24) is 4.98 Å². The molecule has 0 radical (unpaired) electrons. The number of thiocarbonyl (C=S) groups is 1. The zero-order valence-electron chi connectivity index (χ0n) is 11.9. The molecule has 0 aliphatic carbocycles. The highest BCUT2D eigenvalue weighted by Gasteiger charge is 2.44. The molecule has 1 aliphatic heterocycles. The first-order chi connectivity index (χ1) is 10.2. The average molecular weight is 336 g/mol. The molecule has 1 aliphatic rings. The molecule has 0 amide bonds. The van der Waals surface area contributed by atoms with Crippen LogP contribution < -0.4 is 0 Å². The molecule has 0 spiro atoms. The summed E-state index contributed by atoms with van der Waals surface area (Å²) in [6.45, 7) is 0. The highest BCUT2D eigenvalue weighted by molar-refractivity contribution is 8.24. The van der Waals surface area contributed by atoms with E-state index >= 15 is 0 Å². The normalized spacial score (nSPS) is 25.9. The second-order valence-corrected chi connectivity index (χ2v) is 8.52. The molecular formula is C16H17NOS3. The molecule has 5 heteroatoms. The Bertz CT molecular complexity index is 705. The van der Waals surface area contributed by atoms with Gasteiger partial charge in [0.2, 0.25) is 0 Å². The van der Waals surface area contributed by atoms with E-state index in [9.17, 15) is 4.21 Å². The van der Waals surface area contributed by atoms with Crippen LogP contribution in [0.4, 0.5) is 0 Å². The lowest BCUT2D eigenvalue weighted by molar-refractivity contribution is 0.583. The third-order valence-corrected chi connectivity index (χ3v) is 7.98. The number of aromatic nitrogens is 1. The number of nitrogens with zero attached hydrogens (tertiary/aromatic N) is 1. The molecule has 0 unspecified atom stereocenters. The number of fused-ring (bicyclic) bond motifs is 1. The van der Waals surface area contributed by atoms with Crippen molar-refractivity contribution in [2.24, 2.45) is 0 Å². The Kier molecular flexibility index (Phi) is 4.43. The second-order valence-electron chi connectivity index (χ2n) is 5.24. The van der Waals surface area contributed by atoms with Gasteiger partial charge >= 0.3 is 0 Å². The van der Waals surface area contributed by atoms with Crippen LogP contribution in [0.15, 0.2) is 36.5 Å². The fourth-order valence-electron chi connectivity index (χ4n) is 2.94. The molecule has 2 aromatic rings. The van der Waals surface area contributed by atoms with Gasteiger partial charge in [-0.15, -0.1) is 11.8 Å². The van der Waals surface area contributed by atoms with Crippen molar-refractivity contribution in [1.29, 1.82) is 0 Å². The minimum atomic E-state index is -0.963.